The molecule has 15 heavy (non-hydrogen) atoms. The Balaban J connectivity index is 2.59. The quantitative estimate of drug-likeness (QED) is 0.689. The lowest BCUT2D eigenvalue weighted by molar-refractivity contribution is -0.133. The van der Waals surface area contributed by atoms with Crippen LogP contribution < -0.4 is 5.32 Å². The van der Waals surface area contributed by atoms with Crippen LogP contribution in [0.4, 0.5) is 0 Å². The number of amides is 1. The third-order valence-corrected chi connectivity index (χ3v) is 2.91. The number of carbonyl (C=O) groups excluding carboxylic acids is 1. The Bertz CT molecular complexity index is 316. The summed E-state index contributed by atoms with van der Waals surface area (Å²) in [4.78, 5) is 22.2. The van der Waals surface area contributed by atoms with E-state index in [0.717, 1.165) is 12.8 Å². The first kappa shape index (κ1) is 11.8. The topological polar surface area (TPSA) is 66.4 Å². The van der Waals surface area contributed by atoms with Crippen LogP contribution in [0.2, 0.25) is 0 Å². The molecular weight excluding hydrogens is 194 g/mol. The Morgan fingerprint density at radius 3 is 2.20 bits per heavy atom. The van der Waals surface area contributed by atoms with E-state index in [1.165, 1.54) is 6.92 Å². The summed E-state index contributed by atoms with van der Waals surface area (Å²) in [6, 6.07) is 0.147. The van der Waals surface area contributed by atoms with Gasteiger partial charge in [-0.25, -0.2) is 4.79 Å². The minimum Gasteiger partial charge on any atom is -0.478 e. The molecule has 1 atom stereocenters. The number of rotatable bonds is 4. The molecule has 0 spiro atoms. The number of nitrogens with one attached hydrogen (secondary N) is 1. The highest BCUT2D eigenvalue weighted by Crippen LogP contribution is 2.32. The van der Waals surface area contributed by atoms with Crippen LogP contribution in [-0.4, -0.2) is 23.0 Å². The van der Waals surface area contributed by atoms with Gasteiger partial charge in [0.1, 0.15) is 0 Å². The smallest absolute Gasteiger partial charge is 0.331 e. The summed E-state index contributed by atoms with van der Waals surface area (Å²) >= 11 is 0. The minimum atomic E-state index is -1.04. The molecule has 0 radical (unpaired) electrons. The number of aliphatic carboxylic acids is 1. The van der Waals surface area contributed by atoms with E-state index in [4.69, 9.17) is 5.11 Å². The Hall–Kier alpha value is -1.32. The molecule has 84 valence electrons. The molecule has 0 aliphatic heterocycles. The van der Waals surface area contributed by atoms with E-state index in [-0.39, 0.29) is 23.1 Å². The maximum absolute atomic E-state index is 11.6. The van der Waals surface area contributed by atoms with Crippen molar-refractivity contribution in [3.63, 3.8) is 0 Å². The van der Waals surface area contributed by atoms with Crippen molar-refractivity contribution < 1.29 is 14.7 Å². The predicted octanol–water partition coefficient (Wildman–Crippen LogP) is 1.32. The molecule has 0 bridgehead atoms. The molecule has 0 saturated heterocycles. The fraction of sp³-hybridized carbons (Fsp3) is 0.636. The van der Waals surface area contributed by atoms with Crippen molar-refractivity contribution in [3.8, 4) is 0 Å². The van der Waals surface area contributed by atoms with Gasteiger partial charge >= 0.3 is 5.97 Å². The molecule has 1 fully saturated rings. The molecule has 4 nitrogen and oxygen atoms in total. The second-order valence-corrected chi connectivity index (χ2v) is 4.15. The number of carboxylic acids is 1. The average molecular weight is 211 g/mol. The van der Waals surface area contributed by atoms with Crippen LogP contribution in [0.1, 0.15) is 33.6 Å². The van der Waals surface area contributed by atoms with Crippen LogP contribution >= 0.6 is 0 Å². The summed E-state index contributed by atoms with van der Waals surface area (Å²) < 4.78 is 0. The number of hydrogen-bond donors (Lipinski definition) is 2. The molecule has 2 N–H and O–H groups in total. The lowest BCUT2D eigenvalue weighted by atomic mass is 10.1. The van der Waals surface area contributed by atoms with E-state index in [1.807, 2.05) is 6.92 Å². The molecule has 1 unspecified atom stereocenters. The molecule has 0 aromatic rings. The van der Waals surface area contributed by atoms with E-state index in [9.17, 15) is 9.59 Å². The fourth-order valence-corrected chi connectivity index (χ4v) is 1.36. The molecule has 4 heteroatoms. The van der Waals surface area contributed by atoms with Gasteiger partial charge < -0.3 is 10.4 Å². The highest BCUT2D eigenvalue weighted by molar-refractivity contribution is 6.01. The Morgan fingerprint density at radius 2 is 1.80 bits per heavy atom. The fourth-order valence-electron chi connectivity index (χ4n) is 1.36. The van der Waals surface area contributed by atoms with Crippen LogP contribution in [-0.2, 0) is 9.59 Å². The zero-order chi connectivity index (χ0) is 11.6. The van der Waals surface area contributed by atoms with Crippen molar-refractivity contribution in [1.29, 1.82) is 0 Å². The van der Waals surface area contributed by atoms with E-state index >= 15 is 0 Å². The van der Waals surface area contributed by atoms with Crippen molar-refractivity contribution in [3.05, 3.63) is 11.1 Å². The highest BCUT2D eigenvalue weighted by atomic mass is 16.4. The Labute approximate surface area is 89.4 Å². The summed E-state index contributed by atoms with van der Waals surface area (Å²) in [7, 11) is 0. The molecule has 1 aliphatic rings. The predicted molar refractivity (Wildman–Crippen MR) is 56.3 cm³/mol. The van der Waals surface area contributed by atoms with Gasteiger partial charge in [-0.3, -0.25) is 4.79 Å². The van der Waals surface area contributed by atoms with Crippen LogP contribution in [0, 0.1) is 5.92 Å². The largest absolute Gasteiger partial charge is 0.478 e. The Kier molecular flexibility index (Phi) is 3.50. The van der Waals surface area contributed by atoms with Gasteiger partial charge in [0.05, 0.1) is 0 Å². The monoisotopic (exact) mass is 211 g/mol. The van der Waals surface area contributed by atoms with Crippen LogP contribution in [0.5, 0.6) is 0 Å². The van der Waals surface area contributed by atoms with Crippen LogP contribution in [0.25, 0.3) is 0 Å². The SMILES string of the molecule is CC(C(=O)O)=C(C)C(=O)NC(C)C1CC1. The van der Waals surface area contributed by atoms with Gasteiger partial charge in [-0.15, -0.1) is 0 Å². The van der Waals surface area contributed by atoms with Gasteiger partial charge in [-0.05, 0) is 39.5 Å². The van der Waals surface area contributed by atoms with E-state index in [2.05, 4.69) is 5.32 Å². The summed E-state index contributed by atoms with van der Waals surface area (Å²) in [6.07, 6.45) is 2.31. The molecule has 0 heterocycles. The summed E-state index contributed by atoms with van der Waals surface area (Å²) in [5.74, 6) is -0.733. The zero-order valence-corrected chi connectivity index (χ0v) is 9.33. The van der Waals surface area contributed by atoms with Gasteiger partial charge in [0, 0.05) is 17.2 Å². The van der Waals surface area contributed by atoms with E-state index in [1.54, 1.807) is 6.92 Å². The molecule has 0 aromatic heterocycles. The van der Waals surface area contributed by atoms with Gasteiger partial charge in [0.15, 0.2) is 0 Å². The lowest BCUT2D eigenvalue weighted by Crippen LogP contribution is -2.35. The van der Waals surface area contributed by atoms with Crippen molar-refractivity contribution in [1.82, 2.24) is 5.32 Å². The van der Waals surface area contributed by atoms with Crippen LogP contribution in [0.15, 0.2) is 11.1 Å². The third-order valence-electron chi connectivity index (χ3n) is 2.91. The first-order valence-electron chi connectivity index (χ1n) is 5.15. The molecular formula is C11H17NO3. The number of carboxylic acid groups (broad SMARTS) is 1. The second-order valence-electron chi connectivity index (χ2n) is 4.15. The summed E-state index contributed by atoms with van der Waals surface area (Å²) in [5.41, 5.74) is 0.394. The second kappa shape index (κ2) is 4.47. The highest BCUT2D eigenvalue weighted by Gasteiger charge is 2.29. The van der Waals surface area contributed by atoms with Crippen molar-refractivity contribution >= 4 is 11.9 Å². The summed E-state index contributed by atoms with van der Waals surface area (Å²) in [5, 5.41) is 11.5. The minimum absolute atomic E-state index is 0.107. The molecule has 1 saturated carbocycles. The van der Waals surface area contributed by atoms with Crippen molar-refractivity contribution in [2.75, 3.05) is 0 Å². The number of hydrogen-bond acceptors (Lipinski definition) is 2. The molecule has 0 aromatic carbocycles. The van der Waals surface area contributed by atoms with Crippen molar-refractivity contribution in [2.45, 2.75) is 39.7 Å². The normalized spacial score (nSPS) is 19.1. The summed E-state index contributed by atoms with van der Waals surface area (Å²) in [6.45, 7) is 4.94. The Morgan fingerprint density at radius 1 is 1.27 bits per heavy atom. The first-order valence-corrected chi connectivity index (χ1v) is 5.15. The van der Waals surface area contributed by atoms with Crippen molar-refractivity contribution in [2.24, 2.45) is 5.92 Å². The first-order chi connectivity index (χ1) is 6.93. The molecule has 1 rings (SSSR count). The number of carbonyl (C=O) groups is 2. The van der Waals surface area contributed by atoms with E-state index < -0.39 is 5.97 Å². The maximum Gasteiger partial charge on any atom is 0.331 e. The van der Waals surface area contributed by atoms with Crippen LogP contribution in [0.3, 0.4) is 0 Å². The van der Waals surface area contributed by atoms with Gasteiger partial charge in [0.25, 0.3) is 0 Å². The third kappa shape index (κ3) is 3.08. The standard InChI is InChI=1S/C11H17NO3/c1-6(7(2)11(14)15)10(13)12-8(3)9-4-5-9/h8-9H,4-5H2,1-3H3,(H,12,13)(H,14,15). The van der Waals surface area contributed by atoms with Gasteiger partial charge in [-0.1, -0.05) is 0 Å². The van der Waals surface area contributed by atoms with Gasteiger partial charge in [0.2, 0.25) is 5.91 Å². The molecule has 1 aliphatic carbocycles. The lowest BCUT2D eigenvalue weighted by Gasteiger charge is -2.13. The maximum atomic E-state index is 11.6. The van der Waals surface area contributed by atoms with Gasteiger partial charge in [-0.2, -0.15) is 0 Å². The zero-order valence-electron chi connectivity index (χ0n) is 9.33. The molecule has 1 amide bonds. The van der Waals surface area contributed by atoms with E-state index in [0.29, 0.717) is 5.92 Å². The average Bonchev–Trinajstić information content (AvgIpc) is 2.98.